The highest BCUT2D eigenvalue weighted by Gasteiger charge is 2.11. The normalized spacial score (nSPS) is 12.6. The van der Waals surface area contributed by atoms with Crippen LogP contribution in [0.3, 0.4) is 0 Å². The molecule has 102 valence electrons. The van der Waals surface area contributed by atoms with Gasteiger partial charge in [0, 0.05) is 36.9 Å². The summed E-state index contributed by atoms with van der Waals surface area (Å²) in [5, 5.41) is 7.74. The van der Waals surface area contributed by atoms with Crippen molar-refractivity contribution in [3.63, 3.8) is 0 Å². The first-order valence-electron chi connectivity index (χ1n) is 6.83. The summed E-state index contributed by atoms with van der Waals surface area (Å²) in [6, 6.07) is 6.67. The third-order valence-corrected chi connectivity index (χ3v) is 3.40. The van der Waals surface area contributed by atoms with E-state index in [-0.39, 0.29) is 0 Å². The molecule has 0 fully saturated rings. The van der Waals surface area contributed by atoms with Gasteiger partial charge in [-0.25, -0.2) is 0 Å². The van der Waals surface area contributed by atoms with E-state index in [9.17, 15) is 0 Å². The zero-order valence-electron chi connectivity index (χ0n) is 11.9. The SMILES string of the molecule is CCNC(CCc1ccnn1C)c1ccc(C)nc1. The number of hydrogen-bond acceptors (Lipinski definition) is 3. The maximum atomic E-state index is 4.39. The number of pyridine rings is 1. The maximum absolute atomic E-state index is 4.39. The molecule has 0 spiro atoms. The molecule has 2 aromatic heterocycles. The van der Waals surface area contributed by atoms with Crippen LogP contribution >= 0.6 is 0 Å². The molecule has 4 heteroatoms. The highest BCUT2D eigenvalue weighted by molar-refractivity contribution is 5.17. The fourth-order valence-corrected chi connectivity index (χ4v) is 2.26. The number of nitrogens with one attached hydrogen (secondary N) is 1. The monoisotopic (exact) mass is 258 g/mol. The van der Waals surface area contributed by atoms with E-state index in [2.05, 4.69) is 40.5 Å². The van der Waals surface area contributed by atoms with Gasteiger partial charge in [0.2, 0.25) is 0 Å². The molecule has 0 saturated carbocycles. The van der Waals surface area contributed by atoms with Crippen LogP contribution in [0.25, 0.3) is 0 Å². The molecule has 0 amide bonds. The van der Waals surface area contributed by atoms with E-state index < -0.39 is 0 Å². The topological polar surface area (TPSA) is 42.7 Å². The Morgan fingerprint density at radius 3 is 2.74 bits per heavy atom. The van der Waals surface area contributed by atoms with Crippen molar-refractivity contribution in [1.82, 2.24) is 20.1 Å². The van der Waals surface area contributed by atoms with Crippen molar-refractivity contribution in [3.05, 3.63) is 47.5 Å². The predicted molar refractivity (Wildman–Crippen MR) is 76.9 cm³/mol. The highest BCUT2D eigenvalue weighted by Crippen LogP contribution is 2.18. The van der Waals surface area contributed by atoms with Gasteiger partial charge < -0.3 is 5.32 Å². The lowest BCUT2D eigenvalue weighted by Crippen LogP contribution is -2.22. The summed E-state index contributed by atoms with van der Waals surface area (Å²) in [6.07, 6.45) is 5.90. The fraction of sp³-hybridized carbons (Fsp3) is 0.467. The van der Waals surface area contributed by atoms with Crippen LogP contribution in [-0.4, -0.2) is 21.3 Å². The van der Waals surface area contributed by atoms with Crippen molar-refractivity contribution in [2.24, 2.45) is 7.05 Å². The van der Waals surface area contributed by atoms with Crippen molar-refractivity contribution in [2.75, 3.05) is 6.54 Å². The van der Waals surface area contributed by atoms with E-state index in [1.54, 1.807) is 0 Å². The van der Waals surface area contributed by atoms with Crippen molar-refractivity contribution >= 4 is 0 Å². The molecule has 0 aromatic carbocycles. The van der Waals surface area contributed by atoms with Gasteiger partial charge in [-0.3, -0.25) is 9.67 Å². The third kappa shape index (κ3) is 3.64. The largest absolute Gasteiger partial charge is 0.310 e. The van der Waals surface area contributed by atoms with Gasteiger partial charge >= 0.3 is 0 Å². The number of rotatable bonds is 6. The number of aryl methyl sites for hydroxylation is 3. The summed E-state index contributed by atoms with van der Waals surface area (Å²) in [5.41, 5.74) is 3.59. The van der Waals surface area contributed by atoms with E-state index in [0.717, 1.165) is 25.1 Å². The van der Waals surface area contributed by atoms with E-state index >= 15 is 0 Å². The Kier molecular flexibility index (Phi) is 4.68. The molecule has 2 heterocycles. The quantitative estimate of drug-likeness (QED) is 0.865. The van der Waals surface area contributed by atoms with Gasteiger partial charge in [-0.2, -0.15) is 5.10 Å². The molecule has 1 unspecified atom stereocenters. The summed E-state index contributed by atoms with van der Waals surface area (Å²) in [5.74, 6) is 0. The number of hydrogen-bond donors (Lipinski definition) is 1. The Morgan fingerprint density at radius 2 is 2.16 bits per heavy atom. The second-order valence-electron chi connectivity index (χ2n) is 4.83. The minimum atomic E-state index is 0.355. The molecule has 0 radical (unpaired) electrons. The van der Waals surface area contributed by atoms with Gasteiger partial charge in [-0.05, 0) is 44.0 Å². The molecule has 0 aliphatic rings. The molecule has 2 aromatic rings. The van der Waals surface area contributed by atoms with Crippen LogP contribution in [0.4, 0.5) is 0 Å². The zero-order chi connectivity index (χ0) is 13.7. The lowest BCUT2D eigenvalue weighted by Gasteiger charge is -2.18. The van der Waals surface area contributed by atoms with Gasteiger partial charge in [0.25, 0.3) is 0 Å². The molecule has 4 nitrogen and oxygen atoms in total. The van der Waals surface area contributed by atoms with E-state index in [1.165, 1.54) is 11.3 Å². The minimum Gasteiger partial charge on any atom is -0.310 e. The summed E-state index contributed by atoms with van der Waals surface area (Å²) >= 11 is 0. The van der Waals surface area contributed by atoms with Crippen molar-refractivity contribution in [2.45, 2.75) is 32.7 Å². The smallest absolute Gasteiger partial charge is 0.0492 e. The van der Waals surface area contributed by atoms with Crippen LogP contribution in [0, 0.1) is 6.92 Å². The molecule has 1 atom stereocenters. The van der Waals surface area contributed by atoms with Crippen molar-refractivity contribution < 1.29 is 0 Å². The molecule has 0 saturated heterocycles. The van der Waals surface area contributed by atoms with Crippen molar-refractivity contribution in [1.29, 1.82) is 0 Å². The Hall–Kier alpha value is -1.68. The molecule has 2 rings (SSSR count). The van der Waals surface area contributed by atoms with Crippen LogP contribution in [0.2, 0.25) is 0 Å². The van der Waals surface area contributed by atoms with Crippen LogP contribution in [-0.2, 0) is 13.5 Å². The Labute approximate surface area is 114 Å². The first-order chi connectivity index (χ1) is 9.20. The molecule has 0 aliphatic heterocycles. The minimum absolute atomic E-state index is 0.355. The lowest BCUT2D eigenvalue weighted by atomic mass is 10.0. The molecule has 19 heavy (non-hydrogen) atoms. The molecular formula is C15H22N4. The summed E-state index contributed by atoms with van der Waals surface area (Å²) in [7, 11) is 1.99. The highest BCUT2D eigenvalue weighted by atomic mass is 15.2. The molecular weight excluding hydrogens is 236 g/mol. The summed E-state index contributed by atoms with van der Waals surface area (Å²) < 4.78 is 1.94. The van der Waals surface area contributed by atoms with Gasteiger partial charge in [-0.15, -0.1) is 0 Å². The summed E-state index contributed by atoms with van der Waals surface area (Å²) in [6.45, 7) is 5.12. The Morgan fingerprint density at radius 1 is 1.32 bits per heavy atom. The first kappa shape index (κ1) is 13.7. The standard InChI is InChI=1S/C15H22N4/c1-4-16-15(13-6-5-12(2)17-11-13)8-7-14-9-10-18-19(14)3/h5-6,9-11,15-16H,4,7-8H2,1-3H3. The van der Waals surface area contributed by atoms with E-state index in [4.69, 9.17) is 0 Å². The maximum Gasteiger partial charge on any atom is 0.0492 e. The van der Waals surface area contributed by atoms with Crippen LogP contribution in [0.1, 0.15) is 36.3 Å². The van der Waals surface area contributed by atoms with E-state index in [0.29, 0.717) is 6.04 Å². The van der Waals surface area contributed by atoms with Gasteiger partial charge in [0.1, 0.15) is 0 Å². The van der Waals surface area contributed by atoms with E-state index in [1.807, 2.05) is 31.0 Å². The molecule has 1 N–H and O–H groups in total. The second kappa shape index (κ2) is 6.48. The molecule has 0 bridgehead atoms. The van der Waals surface area contributed by atoms with Crippen LogP contribution < -0.4 is 5.32 Å². The first-order valence-corrected chi connectivity index (χ1v) is 6.83. The summed E-state index contributed by atoms with van der Waals surface area (Å²) in [4.78, 5) is 4.39. The number of nitrogens with zero attached hydrogens (tertiary/aromatic N) is 3. The Bertz CT molecular complexity index is 501. The molecule has 0 aliphatic carbocycles. The second-order valence-corrected chi connectivity index (χ2v) is 4.83. The zero-order valence-corrected chi connectivity index (χ0v) is 11.9. The number of aromatic nitrogens is 3. The van der Waals surface area contributed by atoms with Gasteiger partial charge in [0.05, 0.1) is 0 Å². The van der Waals surface area contributed by atoms with Crippen LogP contribution in [0.5, 0.6) is 0 Å². The Balaban J connectivity index is 2.04. The predicted octanol–water partition coefficient (Wildman–Crippen LogP) is 2.41. The van der Waals surface area contributed by atoms with Gasteiger partial charge in [0.15, 0.2) is 0 Å². The fourth-order valence-electron chi connectivity index (χ4n) is 2.26. The lowest BCUT2D eigenvalue weighted by molar-refractivity contribution is 0.504. The average Bonchev–Trinajstić information content (AvgIpc) is 2.81. The average molecular weight is 258 g/mol. The van der Waals surface area contributed by atoms with Crippen LogP contribution in [0.15, 0.2) is 30.6 Å². The van der Waals surface area contributed by atoms with Crippen molar-refractivity contribution in [3.8, 4) is 0 Å². The van der Waals surface area contributed by atoms with Gasteiger partial charge in [-0.1, -0.05) is 13.0 Å². The third-order valence-electron chi connectivity index (χ3n) is 3.40.